The third kappa shape index (κ3) is 4.91. The molecule has 13 nitrogen and oxygen atoms in total. The molecule has 2 aliphatic carbocycles. The summed E-state index contributed by atoms with van der Waals surface area (Å²) in [5.41, 5.74) is 12.9. The van der Waals surface area contributed by atoms with Gasteiger partial charge in [-0.25, -0.2) is 15.0 Å². The van der Waals surface area contributed by atoms with Crippen molar-refractivity contribution >= 4 is 62.4 Å². The summed E-state index contributed by atoms with van der Waals surface area (Å²) in [6, 6.07) is 8.40. The molecule has 3 aliphatic rings. The standard InChI is InChI=1S/C20H23BN2O4.C18H15N5O2/c1-11-14(21-26-19(2,3)20(4,5)27-21)9-8-13-16(11)23(12-6-7-12)18(24)15-17(13)25-10-22-15;1-9-11(13-6-21-14(19)7-20-13)4-5-12-16(9)23(10-2-3-10)18(24)15-17(12)25-8-22-15/h8-10,12H,6-7H2,1-5H3;4-8,10H,2-3H2,1H3,(H2,19,21). The lowest BCUT2D eigenvalue weighted by molar-refractivity contribution is 0.00578. The SMILES string of the molecule is Cc1c(-c2cnc(N)cn2)ccc2c3ocnc3c(=O)n(C3CC3)c12.Cc1c(B2OC(C)(C)C(C)(C)O2)ccc2c3ocnc3c(=O)n(C3CC3)c12. The number of hydrogen-bond acceptors (Lipinski definition) is 11. The summed E-state index contributed by atoms with van der Waals surface area (Å²) in [7, 11) is -0.465. The number of aromatic nitrogens is 6. The highest BCUT2D eigenvalue weighted by Gasteiger charge is 2.52. The van der Waals surface area contributed by atoms with Crippen LogP contribution in [0.15, 0.2) is 67.9 Å². The number of oxazole rings is 2. The Bertz CT molecular complexity index is 2690. The molecule has 5 aromatic heterocycles. The lowest BCUT2D eigenvalue weighted by Crippen LogP contribution is -2.41. The van der Waals surface area contributed by atoms with Crippen molar-refractivity contribution in [3.63, 3.8) is 0 Å². The van der Waals surface area contributed by atoms with E-state index < -0.39 is 18.3 Å². The largest absolute Gasteiger partial charge is 0.495 e. The Labute approximate surface area is 297 Å². The number of fused-ring (bicyclic) bond motifs is 6. The van der Waals surface area contributed by atoms with Crippen molar-refractivity contribution in [2.24, 2.45) is 0 Å². The van der Waals surface area contributed by atoms with Gasteiger partial charge in [-0.1, -0.05) is 12.1 Å². The summed E-state index contributed by atoms with van der Waals surface area (Å²) in [6.45, 7) is 12.2. The Kier molecular flexibility index (Phi) is 7.10. The number of hydrogen-bond donors (Lipinski definition) is 1. The van der Waals surface area contributed by atoms with Crippen molar-refractivity contribution in [1.29, 1.82) is 0 Å². The molecule has 1 saturated heterocycles. The van der Waals surface area contributed by atoms with Crippen molar-refractivity contribution in [2.75, 3.05) is 5.73 Å². The quantitative estimate of drug-likeness (QED) is 0.217. The lowest BCUT2D eigenvalue weighted by Gasteiger charge is -2.32. The predicted molar refractivity (Wildman–Crippen MR) is 199 cm³/mol. The summed E-state index contributed by atoms with van der Waals surface area (Å²) < 4.78 is 27.3. The molecule has 2 N–H and O–H groups in total. The second kappa shape index (κ2) is 11.3. The second-order valence-electron chi connectivity index (χ2n) is 15.1. The van der Waals surface area contributed by atoms with Gasteiger partial charge in [0.25, 0.3) is 11.1 Å². The van der Waals surface area contributed by atoms with E-state index in [2.05, 4.69) is 19.9 Å². The van der Waals surface area contributed by atoms with E-state index in [4.69, 9.17) is 23.9 Å². The molecular weight excluding hydrogens is 661 g/mol. The molecule has 0 radical (unpaired) electrons. The molecule has 52 heavy (non-hydrogen) atoms. The zero-order valence-corrected chi connectivity index (χ0v) is 29.9. The first-order chi connectivity index (χ1) is 24.9. The molecule has 0 spiro atoms. The van der Waals surface area contributed by atoms with Gasteiger partial charge in [0.2, 0.25) is 0 Å². The van der Waals surface area contributed by atoms with Crippen molar-refractivity contribution in [3.8, 4) is 11.3 Å². The van der Waals surface area contributed by atoms with Crippen molar-refractivity contribution in [2.45, 2.75) is 90.5 Å². The number of nitrogen functional groups attached to an aromatic ring is 1. The van der Waals surface area contributed by atoms with Crippen LogP contribution in [0.1, 0.15) is 76.6 Å². The maximum atomic E-state index is 13.1. The molecular formula is C38H38BN7O6. The molecule has 0 amide bonds. The van der Waals surface area contributed by atoms with Gasteiger partial charge in [0.05, 0.1) is 40.3 Å². The Hall–Kier alpha value is -5.34. The van der Waals surface area contributed by atoms with Gasteiger partial charge >= 0.3 is 7.12 Å². The number of benzene rings is 2. The van der Waals surface area contributed by atoms with Crippen LogP contribution in [0, 0.1) is 13.8 Å². The molecule has 7 aromatic rings. The molecule has 6 heterocycles. The monoisotopic (exact) mass is 699 g/mol. The number of nitrogens with two attached hydrogens (primary N) is 1. The van der Waals surface area contributed by atoms with Crippen LogP contribution < -0.4 is 22.3 Å². The first kappa shape index (κ1) is 32.6. The van der Waals surface area contributed by atoms with Crippen molar-refractivity contribution < 1.29 is 18.1 Å². The Morgan fingerprint density at radius 2 is 1.23 bits per heavy atom. The van der Waals surface area contributed by atoms with Gasteiger partial charge in [-0.3, -0.25) is 14.6 Å². The van der Waals surface area contributed by atoms with Crippen LogP contribution in [0.3, 0.4) is 0 Å². The van der Waals surface area contributed by atoms with Crippen LogP contribution >= 0.6 is 0 Å². The lowest BCUT2D eigenvalue weighted by atomic mass is 9.75. The van der Waals surface area contributed by atoms with E-state index in [9.17, 15) is 9.59 Å². The smallest absolute Gasteiger partial charge is 0.443 e. The van der Waals surface area contributed by atoms with Crippen LogP contribution in [-0.4, -0.2) is 47.4 Å². The van der Waals surface area contributed by atoms with E-state index >= 15 is 0 Å². The summed E-state index contributed by atoms with van der Waals surface area (Å²) in [4.78, 5) is 42.8. The van der Waals surface area contributed by atoms with Gasteiger partial charge in [-0.05, 0) is 95.9 Å². The number of rotatable bonds is 4. The highest BCUT2D eigenvalue weighted by Crippen LogP contribution is 2.41. The fourth-order valence-electron chi connectivity index (χ4n) is 7.36. The van der Waals surface area contributed by atoms with E-state index in [1.807, 2.05) is 74.9 Å². The Morgan fingerprint density at radius 3 is 1.73 bits per heavy atom. The molecule has 0 atom stereocenters. The summed E-state index contributed by atoms with van der Waals surface area (Å²) >= 11 is 0. The highest BCUT2D eigenvalue weighted by atomic mass is 16.7. The molecule has 264 valence electrons. The fourth-order valence-corrected chi connectivity index (χ4v) is 7.36. The van der Waals surface area contributed by atoms with E-state index in [1.54, 1.807) is 6.20 Å². The average molecular weight is 700 g/mol. The van der Waals surface area contributed by atoms with E-state index in [0.717, 1.165) is 75.3 Å². The van der Waals surface area contributed by atoms with Gasteiger partial charge in [-0.15, -0.1) is 0 Å². The Morgan fingerprint density at radius 1 is 0.712 bits per heavy atom. The zero-order valence-electron chi connectivity index (χ0n) is 29.9. The summed E-state index contributed by atoms with van der Waals surface area (Å²) in [5.74, 6) is 0.375. The number of aryl methyl sites for hydroxylation is 2. The second-order valence-corrected chi connectivity index (χ2v) is 15.1. The fraction of sp³-hybridized carbons (Fsp3) is 0.368. The topological polar surface area (TPSA) is 166 Å². The number of nitrogens with zero attached hydrogens (tertiary/aromatic N) is 6. The third-order valence-electron chi connectivity index (χ3n) is 11.1. The molecule has 10 rings (SSSR count). The molecule has 3 fully saturated rings. The molecule has 2 aromatic carbocycles. The minimum atomic E-state index is -0.465. The molecule has 1 aliphatic heterocycles. The van der Waals surface area contributed by atoms with E-state index in [0.29, 0.717) is 28.0 Å². The van der Waals surface area contributed by atoms with Crippen LogP contribution in [0.25, 0.3) is 55.3 Å². The highest BCUT2D eigenvalue weighted by molar-refractivity contribution is 6.63. The zero-order chi connectivity index (χ0) is 36.3. The van der Waals surface area contributed by atoms with Crippen LogP contribution in [0.5, 0.6) is 0 Å². The number of anilines is 1. The number of pyridine rings is 2. The molecule has 0 unspecified atom stereocenters. The van der Waals surface area contributed by atoms with E-state index in [-0.39, 0.29) is 23.2 Å². The average Bonchev–Trinajstić information content (AvgIpc) is 4.00. The van der Waals surface area contributed by atoms with Gasteiger partial charge < -0.3 is 33.0 Å². The normalized spacial score (nSPS) is 18.1. The van der Waals surface area contributed by atoms with Crippen LogP contribution in [0.4, 0.5) is 5.82 Å². The first-order valence-electron chi connectivity index (χ1n) is 17.6. The van der Waals surface area contributed by atoms with E-state index in [1.165, 1.54) is 19.0 Å². The maximum Gasteiger partial charge on any atom is 0.495 e. The third-order valence-corrected chi connectivity index (χ3v) is 11.1. The van der Waals surface area contributed by atoms with Crippen LogP contribution in [0.2, 0.25) is 0 Å². The summed E-state index contributed by atoms with van der Waals surface area (Å²) in [6.07, 6.45) is 9.89. The van der Waals surface area contributed by atoms with Crippen LogP contribution in [-0.2, 0) is 9.31 Å². The molecule has 0 bridgehead atoms. The maximum absolute atomic E-state index is 13.1. The van der Waals surface area contributed by atoms with Gasteiger partial charge in [-0.2, -0.15) is 0 Å². The Balaban J connectivity index is 0.000000139. The molecule has 14 heteroatoms. The summed E-state index contributed by atoms with van der Waals surface area (Å²) in [5, 5.41) is 1.80. The van der Waals surface area contributed by atoms with Gasteiger partial charge in [0.1, 0.15) is 5.82 Å². The van der Waals surface area contributed by atoms with Crippen molar-refractivity contribution in [1.82, 2.24) is 29.1 Å². The first-order valence-corrected chi connectivity index (χ1v) is 17.6. The minimum Gasteiger partial charge on any atom is -0.443 e. The predicted octanol–water partition coefficient (Wildman–Crippen LogP) is 5.91. The molecule has 2 saturated carbocycles. The van der Waals surface area contributed by atoms with Gasteiger partial charge in [0.15, 0.2) is 35.0 Å². The van der Waals surface area contributed by atoms with Gasteiger partial charge in [0, 0.05) is 28.4 Å². The van der Waals surface area contributed by atoms with Crippen molar-refractivity contribution in [3.05, 3.63) is 81.3 Å². The minimum absolute atomic E-state index is 0.0806.